The van der Waals surface area contributed by atoms with Crippen molar-refractivity contribution in [2.75, 3.05) is 0 Å². The van der Waals surface area contributed by atoms with Gasteiger partial charge < -0.3 is 9.15 Å². The monoisotopic (exact) mass is 488 g/mol. The summed E-state index contributed by atoms with van der Waals surface area (Å²) in [5.74, 6) is -0.695. The average Bonchev–Trinajstić information content (AvgIpc) is 2.93. The zero-order valence-corrected chi connectivity index (χ0v) is 19.6. The van der Waals surface area contributed by atoms with Crippen molar-refractivity contribution in [1.29, 1.82) is 0 Å². The summed E-state index contributed by atoms with van der Waals surface area (Å²) < 4.78 is 12.4. The Morgan fingerprint density at radius 3 is 2.32 bits per heavy atom. The number of nitrogens with zero attached hydrogens (tertiary/aromatic N) is 2. The predicted octanol–water partition coefficient (Wildman–Crippen LogP) is 5.06. The summed E-state index contributed by atoms with van der Waals surface area (Å²) in [6.45, 7) is 0.0455. The quantitative estimate of drug-likeness (QED) is 0.191. The Morgan fingerprint density at radius 1 is 0.811 bits per heavy atom. The molecule has 0 aliphatic heterocycles. The molecule has 0 unspecified atom stereocenters. The lowest BCUT2D eigenvalue weighted by molar-refractivity contribution is 0.0466. The molecule has 180 valence electrons. The second-order valence-corrected chi connectivity index (χ2v) is 8.67. The highest BCUT2D eigenvalue weighted by molar-refractivity contribution is 6.07. The molecule has 4 aromatic carbocycles. The first kappa shape index (κ1) is 22.4. The minimum Gasteiger partial charge on any atom is -0.456 e. The molecule has 6 rings (SSSR count). The Bertz CT molecular complexity index is 1920. The van der Waals surface area contributed by atoms with E-state index in [1.165, 1.54) is 10.7 Å². The molecule has 0 fully saturated rings. The third-order valence-electron chi connectivity index (χ3n) is 6.31. The molecule has 7 nitrogen and oxygen atoms in total. The van der Waals surface area contributed by atoms with E-state index in [9.17, 15) is 14.4 Å². The molecule has 0 amide bonds. The standard InChI is InChI=1S/C30H20N2O5/c33-26-16-21(27-22-11-5-4-10-20(22)14-15-25(27)37-26)18-36-30(35)28-23-12-6-7-13-24(23)29(34)32(31-28)17-19-8-2-1-3-9-19/h1-16H,17-18H2. The van der Waals surface area contributed by atoms with Crippen LogP contribution in [0, 0.1) is 0 Å². The SMILES string of the molecule is O=C(OCc1cc(=O)oc2ccc3ccccc3c12)c1nn(Cc2ccccc2)c(=O)c2ccccc12. The zero-order valence-electron chi connectivity index (χ0n) is 19.6. The van der Waals surface area contributed by atoms with Crippen LogP contribution in [-0.4, -0.2) is 15.7 Å². The molecule has 0 radical (unpaired) electrons. The van der Waals surface area contributed by atoms with Gasteiger partial charge in [0.1, 0.15) is 12.2 Å². The second kappa shape index (κ2) is 9.20. The molecule has 2 heterocycles. The summed E-state index contributed by atoms with van der Waals surface area (Å²) in [7, 11) is 0. The molecule has 0 bridgehead atoms. The molecule has 0 aliphatic rings. The van der Waals surface area contributed by atoms with Gasteiger partial charge in [0, 0.05) is 22.4 Å². The van der Waals surface area contributed by atoms with Gasteiger partial charge in [0.2, 0.25) is 0 Å². The third-order valence-corrected chi connectivity index (χ3v) is 6.31. The van der Waals surface area contributed by atoms with Crippen LogP contribution in [0.2, 0.25) is 0 Å². The van der Waals surface area contributed by atoms with E-state index in [1.54, 1.807) is 30.3 Å². The number of aromatic nitrogens is 2. The molecule has 7 heteroatoms. The number of hydrogen-bond donors (Lipinski definition) is 0. The highest BCUT2D eigenvalue weighted by Crippen LogP contribution is 2.28. The summed E-state index contributed by atoms with van der Waals surface area (Å²) in [6, 6.07) is 28.9. The number of fused-ring (bicyclic) bond motifs is 4. The van der Waals surface area contributed by atoms with E-state index in [1.807, 2.05) is 60.7 Å². The number of carbonyl (C=O) groups excluding carboxylic acids is 1. The summed E-state index contributed by atoms with van der Waals surface area (Å²) in [6.07, 6.45) is 0. The van der Waals surface area contributed by atoms with Crippen LogP contribution >= 0.6 is 0 Å². The summed E-state index contributed by atoms with van der Waals surface area (Å²) in [4.78, 5) is 38.7. The van der Waals surface area contributed by atoms with Crippen LogP contribution in [-0.2, 0) is 17.9 Å². The van der Waals surface area contributed by atoms with Crippen molar-refractivity contribution >= 4 is 38.5 Å². The molecule has 0 aliphatic carbocycles. The van der Waals surface area contributed by atoms with Crippen molar-refractivity contribution in [2.24, 2.45) is 0 Å². The number of carbonyl (C=O) groups is 1. The maximum atomic E-state index is 13.3. The van der Waals surface area contributed by atoms with Crippen molar-refractivity contribution < 1.29 is 13.9 Å². The van der Waals surface area contributed by atoms with Gasteiger partial charge in [-0.3, -0.25) is 4.79 Å². The molecular formula is C30H20N2O5. The number of hydrogen-bond acceptors (Lipinski definition) is 6. The van der Waals surface area contributed by atoms with Crippen LogP contribution in [0.4, 0.5) is 0 Å². The van der Waals surface area contributed by atoms with Crippen molar-refractivity contribution in [3.63, 3.8) is 0 Å². The fraction of sp³-hybridized carbons (Fsp3) is 0.0667. The van der Waals surface area contributed by atoms with Gasteiger partial charge >= 0.3 is 11.6 Å². The summed E-state index contributed by atoms with van der Waals surface area (Å²) >= 11 is 0. The number of rotatable bonds is 5. The molecule has 0 spiro atoms. The highest BCUT2D eigenvalue weighted by Gasteiger charge is 2.19. The van der Waals surface area contributed by atoms with Crippen molar-refractivity contribution in [3.8, 4) is 0 Å². The lowest BCUT2D eigenvalue weighted by atomic mass is 10.0. The normalized spacial score (nSPS) is 11.2. The fourth-order valence-electron chi connectivity index (χ4n) is 4.60. The van der Waals surface area contributed by atoms with Gasteiger partial charge in [-0.2, -0.15) is 5.10 Å². The van der Waals surface area contributed by atoms with E-state index in [-0.39, 0.29) is 24.4 Å². The molecule has 0 N–H and O–H groups in total. The Labute approximate surface area is 210 Å². The Hall–Kier alpha value is -5.04. The Kier molecular flexibility index (Phi) is 5.58. The van der Waals surface area contributed by atoms with Crippen molar-refractivity contribution in [2.45, 2.75) is 13.2 Å². The third kappa shape index (κ3) is 4.16. The summed E-state index contributed by atoms with van der Waals surface area (Å²) in [5.41, 5.74) is 1.02. The van der Waals surface area contributed by atoms with E-state index in [0.29, 0.717) is 27.3 Å². The maximum Gasteiger partial charge on any atom is 0.359 e. The zero-order chi connectivity index (χ0) is 25.4. The lowest BCUT2D eigenvalue weighted by Gasteiger charge is -2.12. The highest BCUT2D eigenvalue weighted by atomic mass is 16.5. The summed E-state index contributed by atoms with van der Waals surface area (Å²) in [5, 5.41) is 7.73. The largest absolute Gasteiger partial charge is 0.456 e. The lowest BCUT2D eigenvalue weighted by Crippen LogP contribution is -2.27. The molecule has 0 atom stereocenters. The smallest absolute Gasteiger partial charge is 0.359 e. The van der Waals surface area contributed by atoms with Crippen molar-refractivity contribution in [3.05, 3.63) is 135 Å². The average molecular weight is 488 g/mol. The van der Waals surface area contributed by atoms with Crippen molar-refractivity contribution in [1.82, 2.24) is 9.78 Å². The van der Waals surface area contributed by atoms with Gasteiger partial charge in [-0.15, -0.1) is 0 Å². The van der Waals surface area contributed by atoms with Crippen LogP contribution in [0.15, 0.2) is 111 Å². The first-order chi connectivity index (χ1) is 18.1. The van der Waals surface area contributed by atoms with Gasteiger partial charge in [0.15, 0.2) is 5.69 Å². The minimum atomic E-state index is -0.695. The van der Waals surface area contributed by atoms with Crippen LogP contribution in [0.1, 0.15) is 21.6 Å². The minimum absolute atomic E-state index is 0.0308. The fourth-order valence-corrected chi connectivity index (χ4v) is 4.60. The molecule has 0 saturated heterocycles. The first-order valence-corrected chi connectivity index (χ1v) is 11.7. The van der Waals surface area contributed by atoms with Gasteiger partial charge in [-0.05, 0) is 28.5 Å². The van der Waals surface area contributed by atoms with Crippen LogP contribution < -0.4 is 11.2 Å². The van der Waals surface area contributed by atoms with Gasteiger partial charge in [-0.1, -0.05) is 78.9 Å². The van der Waals surface area contributed by atoms with Gasteiger partial charge in [-0.25, -0.2) is 14.3 Å². The van der Waals surface area contributed by atoms with Crippen LogP contribution in [0.3, 0.4) is 0 Å². The first-order valence-electron chi connectivity index (χ1n) is 11.7. The van der Waals surface area contributed by atoms with E-state index in [0.717, 1.165) is 16.3 Å². The van der Waals surface area contributed by atoms with E-state index < -0.39 is 11.6 Å². The van der Waals surface area contributed by atoms with E-state index in [4.69, 9.17) is 9.15 Å². The maximum absolute atomic E-state index is 13.3. The Morgan fingerprint density at radius 2 is 1.51 bits per heavy atom. The molecule has 6 aromatic rings. The van der Waals surface area contributed by atoms with Gasteiger partial charge in [0.05, 0.1) is 11.9 Å². The van der Waals surface area contributed by atoms with Crippen LogP contribution in [0.5, 0.6) is 0 Å². The number of ether oxygens (including phenoxy) is 1. The molecule has 0 saturated carbocycles. The Balaban J connectivity index is 1.40. The second-order valence-electron chi connectivity index (χ2n) is 8.67. The molecular weight excluding hydrogens is 468 g/mol. The number of esters is 1. The topological polar surface area (TPSA) is 91.4 Å². The van der Waals surface area contributed by atoms with Crippen LogP contribution in [0.25, 0.3) is 32.5 Å². The van der Waals surface area contributed by atoms with E-state index in [2.05, 4.69) is 5.10 Å². The molecule has 37 heavy (non-hydrogen) atoms. The van der Waals surface area contributed by atoms with Gasteiger partial charge in [0.25, 0.3) is 5.56 Å². The molecule has 2 aromatic heterocycles. The number of benzene rings is 4. The van der Waals surface area contributed by atoms with E-state index >= 15 is 0 Å². The predicted molar refractivity (Wildman–Crippen MR) is 141 cm³/mol.